The van der Waals surface area contributed by atoms with Gasteiger partial charge in [0, 0.05) is 5.75 Å². The molecule has 0 heterocycles. The SMILES string of the molecule is CCc1ccc([C@@H](C)NC(=O)CSCc2ccccc2)cc1. The molecule has 2 aromatic rings. The fourth-order valence-electron chi connectivity index (χ4n) is 2.24. The molecule has 0 fully saturated rings. The van der Waals surface area contributed by atoms with Crippen molar-refractivity contribution in [2.45, 2.75) is 32.1 Å². The Kier molecular flexibility index (Phi) is 6.53. The number of nitrogens with one attached hydrogen (secondary N) is 1. The zero-order valence-electron chi connectivity index (χ0n) is 13.2. The van der Waals surface area contributed by atoms with Crippen molar-refractivity contribution in [2.75, 3.05) is 5.75 Å². The zero-order chi connectivity index (χ0) is 15.8. The first-order valence-corrected chi connectivity index (χ1v) is 8.84. The summed E-state index contributed by atoms with van der Waals surface area (Å²) in [6.45, 7) is 4.17. The fraction of sp³-hybridized carbons (Fsp3) is 0.316. The maximum atomic E-state index is 12.0. The first-order valence-electron chi connectivity index (χ1n) is 7.69. The molecule has 2 nitrogen and oxygen atoms in total. The monoisotopic (exact) mass is 313 g/mol. The first kappa shape index (κ1) is 16.6. The molecule has 1 amide bonds. The molecular weight excluding hydrogens is 290 g/mol. The molecule has 2 rings (SSSR count). The highest BCUT2D eigenvalue weighted by atomic mass is 32.2. The topological polar surface area (TPSA) is 29.1 Å². The second-order valence-electron chi connectivity index (χ2n) is 5.36. The van der Waals surface area contributed by atoms with E-state index in [1.54, 1.807) is 11.8 Å². The minimum Gasteiger partial charge on any atom is -0.349 e. The van der Waals surface area contributed by atoms with Crippen LogP contribution >= 0.6 is 11.8 Å². The average Bonchev–Trinajstić information content (AvgIpc) is 2.56. The highest BCUT2D eigenvalue weighted by molar-refractivity contribution is 7.99. The summed E-state index contributed by atoms with van der Waals surface area (Å²) in [7, 11) is 0. The van der Waals surface area contributed by atoms with Gasteiger partial charge in [-0.3, -0.25) is 4.79 Å². The Morgan fingerprint density at radius 1 is 1.05 bits per heavy atom. The number of hydrogen-bond acceptors (Lipinski definition) is 2. The van der Waals surface area contributed by atoms with E-state index < -0.39 is 0 Å². The van der Waals surface area contributed by atoms with Crippen molar-refractivity contribution >= 4 is 17.7 Å². The van der Waals surface area contributed by atoms with Crippen molar-refractivity contribution in [3.63, 3.8) is 0 Å². The summed E-state index contributed by atoms with van der Waals surface area (Å²) in [4.78, 5) is 12.0. The van der Waals surface area contributed by atoms with E-state index >= 15 is 0 Å². The summed E-state index contributed by atoms with van der Waals surface area (Å²) in [6.07, 6.45) is 1.04. The van der Waals surface area contributed by atoms with Crippen molar-refractivity contribution in [3.05, 3.63) is 71.3 Å². The second kappa shape index (κ2) is 8.64. The molecule has 0 aliphatic carbocycles. The average molecular weight is 313 g/mol. The van der Waals surface area contributed by atoms with Crippen LogP contribution < -0.4 is 5.32 Å². The number of hydrogen-bond donors (Lipinski definition) is 1. The van der Waals surface area contributed by atoms with Crippen LogP contribution in [0.25, 0.3) is 0 Å². The van der Waals surface area contributed by atoms with Gasteiger partial charge >= 0.3 is 0 Å². The summed E-state index contributed by atoms with van der Waals surface area (Å²) >= 11 is 1.65. The molecule has 22 heavy (non-hydrogen) atoms. The predicted molar refractivity (Wildman–Crippen MR) is 95.0 cm³/mol. The van der Waals surface area contributed by atoms with Crippen LogP contribution in [0, 0.1) is 0 Å². The maximum Gasteiger partial charge on any atom is 0.230 e. The van der Waals surface area contributed by atoms with Gasteiger partial charge in [-0.15, -0.1) is 11.8 Å². The van der Waals surface area contributed by atoms with Gasteiger partial charge in [-0.05, 0) is 30.0 Å². The number of benzene rings is 2. The van der Waals surface area contributed by atoms with Crippen LogP contribution in [0.5, 0.6) is 0 Å². The van der Waals surface area contributed by atoms with E-state index in [2.05, 4.69) is 48.6 Å². The summed E-state index contributed by atoms with van der Waals surface area (Å²) in [5, 5.41) is 3.06. The number of aryl methyl sites for hydroxylation is 1. The van der Waals surface area contributed by atoms with Crippen molar-refractivity contribution < 1.29 is 4.79 Å². The maximum absolute atomic E-state index is 12.0. The van der Waals surface area contributed by atoms with Crippen LogP contribution in [0.1, 0.15) is 36.6 Å². The molecule has 2 aromatic carbocycles. The van der Waals surface area contributed by atoms with Gasteiger partial charge in [0.1, 0.15) is 0 Å². The van der Waals surface area contributed by atoms with Crippen molar-refractivity contribution in [2.24, 2.45) is 0 Å². The molecule has 0 saturated heterocycles. The van der Waals surface area contributed by atoms with Crippen molar-refractivity contribution in [3.8, 4) is 0 Å². The van der Waals surface area contributed by atoms with Gasteiger partial charge in [-0.25, -0.2) is 0 Å². The third-order valence-electron chi connectivity index (χ3n) is 3.61. The lowest BCUT2D eigenvalue weighted by Gasteiger charge is -2.14. The van der Waals surface area contributed by atoms with E-state index in [1.165, 1.54) is 11.1 Å². The molecule has 0 bridgehead atoms. The van der Waals surface area contributed by atoms with Gasteiger partial charge in [0.15, 0.2) is 0 Å². The Labute approximate surface area is 137 Å². The van der Waals surface area contributed by atoms with Crippen LogP contribution in [0.15, 0.2) is 54.6 Å². The molecular formula is C19H23NOS. The van der Waals surface area contributed by atoms with Crippen LogP contribution in [-0.4, -0.2) is 11.7 Å². The van der Waals surface area contributed by atoms with E-state index in [-0.39, 0.29) is 11.9 Å². The predicted octanol–water partition coefficient (Wildman–Crippen LogP) is 4.36. The van der Waals surface area contributed by atoms with E-state index in [1.807, 2.05) is 25.1 Å². The number of rotatable bonds is 7. The summed E-state index contributed by atoms with van der Waals surface area (Å²) in [5.74, 6) is 1.45. The van der Waals surface area contributed by atoms with Crippen LogP contribution in [0.2, 0.25) is 0 Å². The van der Waals surface area contributed by atoms with Gasteiger partial charge in [0.2, 0.25) is 5.91 Å². The lowest BCUT2D eigenvalue weighted by Crippen LogP contribution is -2.28. The summed E-state index contributed by atoms with van der Waals surface area (Å²) in [5.41, 5.74) is 3.72. The van der Waals surface area contributed by atoms with Gasteiger partial charge < -0.3 is 5.32 Å². The van der Waals surface area contributed by atoms with E-state index in [9.17, 15) is 4.79 Å². The van der Waals surface area contributed by atoms with E-state index in [0.29, 0.717) is 5.75 Å². The second-order valence-corrected chi connectivity index (χ2v) is 6.35. The third kappa shape index (κ3) is 5.23. The summed E-state index contributed by atoms with van der Waals surface area (Å²) in [6, 6.07) is 18.7. The smallest absolute Gasteiger partial charge is 0.230 e. The third-order valence-corrected chi connectivity index (χ3v) is 4.61. The molecule has 0 aliphatic rings. The number of thioether (sulfide) groups is 1. The molecule has 0 aliphatic heterocycles. The zero-order valence-corrected chi connectivity index (χ0v) is 14.0. The first-order chi connectivity index (χ1) is 10.7. The Morgan fingerprint density at radius 3 is 2.36 bits per heavy atom. The molecule has 0 aromatic heterocycles. The highest BCUT2D eigenvalue weighted by Gasteiger charge is 2.09. The highest BCUT2D eigenvalue weighted by Crippen LogP contribution is 2.15. The molecule has 1 atom stereocenters. The molecule has 0 unspecified atom stereocenters. The van der Waals surface area contributed by atoms with Gasteiger partial charge in [-0.1, -0.05) is 61.5 Å². The van der Waals surface area contributed by atoms with Crippen LogP contribution in [0.3, 0.4) is 0 Å². The molecule has 1 N–H and O–H groups in total. The Morgan fingerprint density at radius 2 is 1.73 bits per heavy atom. The molecule has 3 heteroatoms. The molecule has 0 radical (unpaired) electrons. The standard InChI is InChI=1S/C19H23NOS/c1-3-16-9-11-18(12-10-16)15(2)20-19(21)14-22-13-17-7-5-4-6-8-17/h4-12,15H,3,13-14H2,1-2H3,(H,20,21)/t15-/m1/s1. The number of carbonyl (C=O) groups is 1. The van der Waals surface area contributed by atoms with Crippen LogP contribution in [-0.2, 0) is 17.0 Å². The van der Waals surface area contributed by atoms with Gasteiger partial charge in [0.05, 0.1) is 11.8 Å². The molecule has 0 spiro atoms. The largest absolute Gasteiger partial charge is 0.349 e. The van der Waals surface area contributed by atoms with Gasteiger partial charge in [-0.2, -0.15) is 0 Å². The number of carbonyl (C=O) groups excluding carboxylic acids is 1. The number of amides is 1. The van der Waals surface area contributed by atoms with Crippen molar-refractivity contribution in [1.82, 2.24) is 5.32 Å². The van der Waals surface area contributed by atoms with Gasteiger partial charge in [0.25, 0.3) is 0 Å². The van der Waals surface area contributed by atoms with Crippen LogP contribution in [0.4, 0.5) is 0 Å². The Balaban J connectivity index is 1.76. The lowest BCUT2D eigenvalue weighted by molar-refractivity contribution is -0.119. The van der Waals surface area contributed by atoms with E-state index in [0.717, 1.165) is 17.7 Å². The van der Waals surface area contributed by atoms with Crippen molar-refractivity contribution in [1.29, 1.82) is 0 Å². The molecule has 0 saturated carbocycles. The summed E-state index contributed by atoms with van der Waals surface area (Å²) < 4.78 is 0. The fourth-order valence-corrected chi connectivity index (χ4v) is 3.04. The minimum atomic E-state index is 0.0516. The molecule has 116 valence electrons. The quantitative estimate of drug-likeness (QED) is 0.823. The lowest BCUT2D eigenvalue weighted by atomic mass is 10.1. The van der Waals surface area contributed by atoms with E-state index in [4.69, 9.17) is 0 Å². The Bertz CT molecular complexity index is 580. The Hall–Kier alpha value is -1.74. The minimum absolute atomic E-state index is 0.0516. The normalized spacial score (nSPS) is 11.9.